The van der Waals surface area contributed by atoms with E-state index in [1.807, 2.05) is 38.2 Å². The molecule has 1 saturated heterocycles. The van der Waals surface area contributed by atoms with E-state index in [1.165, 1.54) is 32.4 Å². The second-order valence-corrected chi connectivity index (χ2v) is 7.26. The third-order valence-electron chi connectivity index (χ3n) is 5.61. The number of carbonyl (C=O) groups is 1. The Morgan fingerprint density at radius 1 is 1.21 bits per heavy atom. The van der Waals surface area contributed by atoms with Crippen molar-refractivity contribution < 1.29 is 9.53 Å². The highest BCUT2D eigenvalue weighted by molar-refractivity contribution is 5.94. The Bertz CT molecular complexity index is 531. The molecule has 1 amide bonds. The van der Waals surface area contributed by atoms with Gasteiger partial charge in [0.2, 0.25) is 0 Å². The monoisotopic (exact) mass is 330 g/mol. The molecule has 132 valence electrons. The number of fused-ring (bicyclic) bond motifs is 1. The molecule has 1 aromatic rings. The van der Waals surface area contributed by atoms with Crippen molar-refractivity contribution in [3.05, 3.63) is 29.8 Å². The van der Waals surface area contributed by atoms with Crippen LogP contribution in [0.15, 0.2) is 24.3 Å². The Balaban J connectivity index is 1.37. The van der Waals surface area contributed by atoms with Crippen molar-refractivity contribution in [2.24, 2.45) is 11.8 Å². The number of ether oxygens (including phenoxy) is 1. The molecule has 0 N–H and O–H groups in total. The first-order chi connectivity index (χ1) is 11.7. The Kier molecular flexibility index (Phi) is 5.77. The summed E-state index contributed by atoms with van der Waals surface area (Å²) in [5.41, 5.74) is 0.718. The Hall–Kier alpha value is -1.55. The van der Waals surface area contributed by atoms with E-state index >= 15 is 0 Å². The number of hydrogen-bond donors (Lipinski definition) is 0. The van der Waals surface area contributed by atoms with E-state index < -0.39 is 0 Å². The third kappa shape index (κ3) is 4.10. The minimum atomic E-state index is 0.0589. The minimum Gasteiger partial charge on any atom is -0.494 e. The van der Waals surface area contributed by atoms with E-state index in [-0.39, 0.29) is 5.91 Å². The van der Waals surface area contributed by atoms with Crippen LogP contribution in [0.5, 0.6) is 5.75 Å². The van der Waals surface area contributed by atoms with Crippen LogP contribution in [-0.2, 0) is 0 Å². The molecule has 1 aliphatic carbocycles. The van der Waals surface area contributed by atoms with Gasteiger partial charge in [0.05, 0.1) is 6.61 Å². The van der Waals surface area contributed by atoms with E-state index in [9.17, 15) is 4.79 Å². The second-order valence-electron chi connectivity index (χ2n) is 7.26. The molecule has 0 spiro atoms. The zero-order valence-electron chi connectivity index (χ0n) is 15.0. The molecule has 2 aliphatic rings. The molecule has 24 heavy (non-hydrogen) atoms. The summed E-state index contributed by atoms with van der Waals surface area (Å²) in [5, 5.41) is 0. The molecule has 1 aliphatic heterocycles. The van der Waals surface area contributed by atoms with Gasteiger partial charge in [0.25, 0.3) is 5.91 Å². The summed E-state index contributed by atoms with van der Waals surface area (Å²) in [4.78, 5) is 16.4. The number of rotatable bonds is 7. The summed E-state index contributed by atoms with van der Waals surface area (Å²) >= 11 is 0. The Labute approximate surface area is 145 Å². The van der Waals surface area contributed by atoms with Crippen LogP contribution in [0.25, 0.3) is 0 Å². The van der Waals surface area contributed by atoms with Crippen molar-refractivity contribution in [1.82, 2.24) is 9.80 Å². The average molecular weight is 330 g/mol. The van der Waals surface area contributed by atoms with Gasteiger partial charge in [-0.15, -0.1) is 0 Å². The molecule has 0 aromatic heterocycles. The van der Waals surface area contributed by atoms with E-state index in [1.54, 1.807) is 4.90 Å². The van der Waals surface area contributed by atoms with Gasteiger partial charge in [-0.2, -0.15) is 0 Å². The lowest BCUT2D eigenvalue weighted by Gasteiger charge is -2.17. The van der Waals surface area contributed by atoms with Crippen LogP contribution < -0.4 is 4.74 Å². The van der Waals surface area contributed by atoms with E-state index in [0.717, 1.165) is 49.3 Å². The third-order valence-corrected chi connectivity index (χ3v) is 5.61. The normalized spacial score (nSPS) is 23.2. The first-order valence-electron chi connectivity index (χ1n) is 9.38. The molecular formula is C20H30N2O2. The summed E-state index contributed by atoms with van der Waals surface area (Å²) in [6.07, 6.45) is 5.39. The fraction of sp³-hybridized carbons (Fsp3) is 0.650. The molecular weight excluding hydrogens is 300 g/mol. The van der Waals surface area contributed by atoms with Gasteiger partial charge in [0.15, 0.2) is 0 Å². The van der Waals surface area contributed by atoms with Gasteiger partial charge < -0.3 is 14.5 Å². The number of amides is 1. The van der Waals surface area contributed by atoms with Crippen molar-refractivity contribution in [2.45, 2.75) is 32.6 Å². The van der Waals surface area contributed by atoms with Crippen LogP contribution in [0.1, 0.15) is 43.0 Å². The lowest BCUT2D eigenvalue weighted by Crippen LogP contribution is -2.26. The predicted molar refractivity (Wildman–Crippen MR) is 96.5 cm³/mol. The van der Waals surface area contributed by atoms with Gasteiger partial charge in [0, 0.05) is 38.8 Å². The number of benzene rings is 1. The summed E-state index contributed by atoms with van der Waals surface area (Å²) in [6, 6.07) is 7.50. The van der Waals surface area contributed by atoms with Gasteiger partial charge in [-0.1, -0.05) is 6.42 Å². The highest BCUT2D eigenvalue weighted by atomic mass is 16.5. The molecule has 2 unspecified atom stereocenters. The topological polar surface area (TPSA) is 32.8 Å². The van der Waals surface area contributed by atoms with Crippen LogP contribution >= 0.6 is 0 Å². The van der Waals surface area contributed by atoms with Crippen molar-refractivity contribution in [3.8, 4) is 5.75 Å². The highest BCUT2D eigenvalue weighted by Crippen LogP contribution is 2.37. The molecule has 4 nitrogen and oxygen atoms in total. The molecule has 2 atom stereocenters. The predicted octanol–water partition coefficient (Wildman–Crippen LogP) is 3.28. The number of nitrogens with zero attached hydrogens (tertiary/aromatic N) is 2. The quantitative estimate of drug-likeness (QED) is 0.719. The summed E-state index contributed by atoms with van der Waals surface area (Å²) in [6.45, 7) is 7.18. The maximum atomic E-state index is 12.1. The molecule has 3 rings (SSSR count). The smallest absolute Gasteiger partial charge is 0.253 e. The molecule has 1 saturated carbocycles. The molecule has 0 bridgehead atoms. The number of carbonyl (C=O) groups excluding carboxylic acids is 1. The minimum absolute atomic E-state index is 0.0589. The average Bonchev–Trinajstić information content (AvgIpc) is 3.19. The van der Waals surface area contributed by atoms with E-state index in [0.29, 0.717) is 0 Å². The largest absolute Gasteiger partial charge is 0.494 e. The van der Waals surface area contributed by atoms with Gasteiger partial charge in [-0.25, -0.2) is 0 Å². The molecule has 0 radical (unpaired) electrons. The van der Waals surface area contributed by atoms with Gasteiger partial charge in [0.1, 0.15) is 5.75 Å². The Morgan fingerprint density at radius 2 is 1.88 bits per heavy atom. The molecule has 1 heterocycles. The van der Waals surface area contributed by atoms with Crippen molar-refractivity contribution in [2.75, 3.05) is 39.8 Å². The van der Waals surface area contributed by atoms with Crippen molar-refractivity contribution in [1.29, 1.82) is 0 Å². The highest BCUT2D eigenvalue weighted by Gasteiger charge is 2.35. The number of likely N-dealkylation sites (tertiary alicyclic amines) is 1. The summed E-state index contributed by atoms with van der Waals surface area (Å²) in [7, 11) is 1.82. The van der Waals surface area contributed by atoms with Crippen LogP contribution in [0.3, 0.4) is 0 Å². The van der Waals surface area contributed by atoms with Crippen LogP contribution in [0.2, 0.25) is 0 Å². The Morgan fingerprint density at radius 3 is 2.50 bits per heavy atom. The van der Waals surface area contributed by atoms with Crippen molar-refractivity contribution in [3.63, 3.8) is 0 Å². The fourth-order valence-corrected chi connectivity index (χ4v) is 4.05. The van der Waals surface area contributed by atoms with Crippen LogP contribution in [0, 0.1) is 11.8 Å². The van der Waals surface area contributed by atoms with Crippen LogP contribution in [-0.4, -0.2) is 55.5 Å². The molecule has 4 heteroatoms. The first kappa shape index (κ1) is 17.3. The molecule has 2 fully saturated rings. The number of hydrogen-bond acceptors (Lipinski definition) is 3. The second kappa shape index (κ2) is 8.02. The van der Waals surface area contributed by atoms with Crippen molar-refractivity contribution >= 4 is 5.91 Å². The summed E-state index contributed by atoms with van der Waals surface area (Å²) in [5.74, 6) is 2.85. The van der Waals surface area contributed by atoms with Crippen LogP contribution in [0.4, 0.5) is 0 Å². The van der Waals surface area contributed by atoms with Gasteiger partial charge >= 0.3 is 0 Å². The lowest BCUT2D eigenvalue weighted by molar-refractivity contribution is 0.0802. The zero-order valence-corrected chi connectivity index (χ0v) is 15.0. The maximum Gasteiger partial charge on any atom is 0.253 e. The van der Waals surface area contributed by atoms with Gasteiger partial charge in [-0.05, 0) is 62.3 Å². The summed E-state index contributed by atoms with van der Waals surface area (Å²) < 4.78 is 5.83. The fourth-order valence-electron chi connectivity index (χ4n) is 4.05. The standard InChI is InChI=1S/C20H30N2O2/c1-3-21(2)20(23)16-8-10-19(11-9-16)24-13-5-12-22-14-17-6-4-7-18(17)15-22/h8-11,17-18H,3-7,12-15H2,1-2H3. The van der Waals surface area contributed by atoms with E-state index in [4.69, 9.17) is 4.74 Å². The zero-order chi connectivity index (χ0) is 16.9. The lowest BCUT2D eigenvalue weighted by atomic mass is 10.0. The first-order valence-corrected chi connectivity index (χ1v) is 9.38. The SMILES string of the molecule is CCN(C)C(=O)c1ccc(OCCCN2CC3CCCC3C2)cc1. The molecule has 1 aromatic carbocycles. The maximum absolute atomic E-state index is 12.1. The van der Waals surface area contributed by atoms with E-state index in [2.05, 4.69) is 4.90 Å². The van der Waals surface area contributed by atoms with Gasteiger partial charge in [-0.3, -0.25) is 4.79 Å².